The van der Waals surface area contributed by atoms with E-state index in [9.17, 15) is 9.59 Å². The predicted octanol–water partition coefficient (Wildman–Crippen LogP) is 2.79. The molecule has 1 N–H and O–H groups in total. The lowest BCUT2D eigenvalue weighted by atomic mass is 9.80. The Kier molecular flexibility index (Phi) is 6.69. The molecule has 2 fully saturated rings. The van der Waals surface area contributed by atoms with Gasteiger partial charge in [0.05, 0.1) is 19.3 Å². The molecule has 1 spiro atoms. The van der Waals surface area contributed by atoms with Crippen LogP contribution in [0.4, 0.5) is 4.79 Å². The molecule has 2 atom stereocenters. The van der Waals surface area contributed by atoms with Crippen molar-refractivity contribution in [3.63, 3.8) is 0 Å². The Morgan fingerprint density at radius 3 is 2.74 bits per heavy atom. The molecular formula is C17H29NO5. The Morgan fingerprint density at radius 2 is 2.09 bits per heavy atom. The van der Waals surface area contributed by atoms with Gasteiger partial charge in [0, 0.05) is 6.61 Å². The molecular weight excluding hydrogens is 298 g/mol. The summed E-state index contributed by atoms with van der Waals surface area (Å²) in [7, 11) is 1.30. The number of carbonyl (C=O) groups is 2. The molecule has 0 aromatic carbocycles. The fourth-order valence-corrected chi connectivity index (χ4v) is 3.68. The van der Waals surface area contributed by atoms with Crippen molar-refractivity contribution >= 4 is 12.1 Å². The fraction of sp³-hybridized carbons (Fsp3) is 0.882. The summed E-state index contributed by atoms with van der Waals surface area (Å²) in [4.78, 5) is 24.1. The molecule has 0 aromatic rings. The predicted molar refractivity (Wildman–Crippen MR) is 85.1 cm³/mol. The van der Waals surface area contributed by atoms with Crippen LogP contribution in [0.2, 0.25) is 0 Å². The molecule has 1 heterocycles. The second-order valence-electron chi connectivity index (χ2n) is 6.63. The molecule has 132 valence electrons. The van der Waals surface area contributed by atoms with Gasteiger partial charge >= 0.3 is 12.1 Å². The number of hydrogen-bond donors (Lipinski definition) is 1. The van der Waals surface area contributed by atoms with Crippen molar-refractivity contribution in [2.45, 2.75) is 69.9 Å². The van der Waals surface area contributed by atoms with Crippen LogP contribution in [0, 0.1) is 5.92 Å². The number of carbonyl (C=O) groups excluding carboxylic acids is 2. The minimum absolute atomic E-state index is 0.0371. The third kappa shape index (κ3) is 4.83. The van der Waals surface area contributed by atoms with Crippen molar-refractivity contribution < 1.29 is 23.8 Å². The van der Waals surface area contributed by atoms with Gasteiger partial charge < -0.3 is 19.5 Å². The maximum Gasteiger partial charge on any atom is 0.407 e. The van der Waals surface area contributed by atoms with E-state index in [-0.39, 0.29) is 17.5 Å². The zero-order valence-electron chi connectivity index (χ0n) is 14.3. The van der Waals surface area contributed by atoms with Gasteiger partial charge in [-0.25, -0.2) is 9.59 Å². The quantitative estimate of drug-likeness (QED) is 0.600. The molecule has 1 amide bonds. The Morgan fingerprint density at radius 1 is 1.35 bits per heavy atom. The molecule has 0 aromatic heterocycles. The topological polar surface area (TPSA) is 73.9 Å². The number of amides is 1. The van der Waals surface area contributed by atoms with E-state index in [1.165, 1.54) is 20.0 Å². The second-order valence-corrected chi connectivity index (χ2v) is 6.63. The zero-order chi connectivity index (χ0) is 16.7. The number of methoxy groups -OCH3 is 1. The Bertz CT molecular complexity index is 406. The molecule has 0 radical (unpaired) electrons. The van der Waals surface area contributed by atoms with Gasteiger partial charge in [-0.15, -0.1) is 0 Å². The lowest BCUT2D eigenvalue weighted by Gasteiger charge is -2.40. The van der Waals surface area contributed by atoms with Crippen LogP contribution in [0.3, 0.4) is 0 Å². The van der Waals surface area contributed by atoms with E-state index in [1.807, 2.05) is 6.92 Å². The standard InChI is InChI=1S/C17H29NO5/c1-3-4-10-22-15(19)14(18-16(20)21-2)13-7-11-23-17(12-13)8-5-6-9-17/h13-14H,3-12H2,1-2H3,(H,18,20). The number of esters is 1. The summed E-state index contributed by atoms with van der Waals surface area (Å²) in [6, 6.07) is -0.652. The summed E-state index contributed by atoms with van der Waals surface area (Å²) < 4.78 is 16.0. The van der Waals surface area contributed by atoms with Crippen molar-refractivity contribution in [3.8, 4) is 0 Å². The summed E-state index contributed by atoms with van der Waals surface area (Å²) in [6.45, 7) is 3.07. The number of nitrogens with one attached hydrogen (secondary N) is 1. The van der Waals surface area contributed by atoms with Crippen molar-refractivity contribution in [3.05, 3.63) is 0 Å². The maximum atomic E-state index is 12.4. The number of ether oxygens (including phenoxy) is 3. The highest BCUT2D eigenvalue weighted by Gasteiger charge is 2.44. The molecule has 2 unspecified atom stereocenters. The minimum Gasteiger partial charge on any atom is -0.464 e. The second kappa shape index (κ2) is 8.52. The van der Waals surface area contributed by atoms with E-state index in [1.54, 1.807) is 0 Å². The summed E-state index contributed by atoms with van der Waals surface area (Å²) in [5, 5.41) is 2.68. The van der Waals surface area contributed by atoms with E-state index in [4.69, 9.17) is 9.47 Å². The first-order chi connectivity index (χ1) is 11.1. The van der Waals surface area contributed by atoms with Gasteiger partial charge in [-0.2, -0.15) is 0 Å². The summed E-state index contributed by atoms with van der Waals surface area (Å²) in [6.07, 6.45) is 7.17. The SMILES string of the molecule is CCCCOC(=O)C(NC(=O)OC)C1CCOC2(CCCC2)C1. The van der Waals surface area contributed by atoms with Crippen LogP contribution >= 0.6 is 0 Å². The zero-order valence-corrected chi connectivity index (χ0v) is 14.3. The highest BCUT2D eigenvalue weighted by molar-refractivity contribution is 5.81. The number of rotatable bonds is 6. The number of unbranched alkanes of at least 4 members (excludes halogenated alkanes) is 1. The number of hydrogen-bond acceptors (Lipinski definition) is 5. The lowest BCUT2D eigenvalue weighted by Crippen LogP contribution is -2.51. The van der Waals surface area contributed by atoms with Gasteiger partial charge in [-0.05, 0) is 38.0 Å². The highest BCUT2D eigenvalue weighted by Crippen LogP contribution is 2.43. The average molecular weight is 327 g/mol. The average Bonchev–Trinajstić information content (AvgIpc) is 3.00. The van der Waals surface area contributed by atoms with Gasteiger partial charge in [0.2, 0.25) is 0 Å². The molecule has 23 heavy (non-hydrogen) atoms. The molecule has 0 bridgehead atoms. The molecule has 2 aliphatic rings. The molecule has 6 nitrogen and oxygen atoms in total. The van der Waals surface area contributed by atoms with Crippen LogP contribution in [0.25, 0.3) is 0 Å². The van der Waals surface area contributed by atoms with Gasteiger partial charge in [-0.1, -0.05) is 26.2 Å². The van der Waals surface area contributed by atoms with Gasteiger partial charge in [0.25, 0.3) is 0 Å². The van der Waals surface area contributed by atoms with Crippen LogP contribution in [-0.4, -0.2) is 44.0 Å². The van der Waals surface area contributed by atoms with Crippen LogP contribution in [0.1, 0.15) is 58.3 Å². The van der Waals surface area contributed by atoms with E-state index < -0.39 is 12.1 Å². The molecule has 1 saturated carbocycles. The third-order valence-electron chi connectivity index (χ3n) is 4.97. The largest absolute Gasteiger partial charge is 0.464 e. The first-order valence-electron chi connectivity index (χ1n) is 8.75. The third-order valence-corrected chi connectivity index (χ3v) is 4.97. The van der Waals surface area contributed by atoms with Crippen LogP contribution < -0.4 is 5.32 Å². The Balaban J connectivity index is 2.02. The van der Waals surface area contributed by atoms with Gasteiger partial charge in [0.1, 0.15) is 6.04 Å². The van der Waals surface area contributed by atoms with E-state index >= 15 is 0 Å². The lowest BCUT2D eigenvalue weighted by molar-refractivity contribution is -0.152. The summed E-state index contributed by atoms with van der Waals surface area (Å²) in [5.41, 5.74) is -0.108. The van der Waals surface area contributed by atoms with E-state index in [0.717, 1.165) is 38.5 Å². The molecule has 2 rings (SSSR count). The number of alkyl carbamates (subject to hydrolysis) is 1. The van der Waals surface area contributed by atoms with Gasteiger partial charge in [0.15, 0.2) is 0 Å². The van der Waals surface area contributed by atoms with Crippen molar-refractivity contribution in [2.24, 2.45) is 5.92 Å². The van der Waals surface area contributed by atoms with Crippen LogP contribution in [-0.2, 0) is 19.0 Å². The van der Waals surface area contributed by atoms with Crippen LogP contribution in [0.5, 0.6) is 0 Å². The van der Waals surface area contributed by atoms with Crippen molar-refractivity contribution in [1.29, 1.82) is 0 Å². The monoisotopic (exact) mass is 327 g/mol. The Labute approximate surface area is 138 Å². The first kappa shape index (κ1) is 18.0. The van der Waals surface area contributed by atoms with Gasteiger partial charge in [-0.3, -0.25) is 0 Å². The fourth-order valence-electron chi connectivity index (χ4n) is 3.68. The Hall–Kier alpha value is -1.30. The van der Waals surface area contributed by atoms with Crippen molar-refractivity contribution in [1.82, 2.24) is 5.32 Å². The highest BCUT2D eigenvalue weighted by atomic mass is 16.5. The summed E-state index contributed by atoms with van der Waals surface area (Å²) >= 11 is 0. The molecule has 1 saturated heterocycles. The first-order valence-corrected chi connectivity index (χ1v) is 8.75. The van der Waals surface area contributed by atoms with Crippen LogP contribution in [0.15, 0.2) is 0 Å². The molecule has 1 aliphatic carbocycles. The smallest absolute Gasteiger partial charge is 0.407 e. The molecule has 6 heteroatoms. The van der Waals surface area contributed by atoms with Crippen molar-refractivity contribution in [2.75, 3.05) is 20.3 Å². The van der Waals surface area contributed by atoms with E-state index in [0.29, 0.717) is 13.2 Å². The summed E-state index contributed by atoms with van der Waals surface area (Å²) in [5.74, 6) is -0.320. The molecule has 1 aliphatic heterocycles. The minimum atomic E-state index is -0.652. The normalized spacial score (nSPS) is 24.2. The maximum absolute atomic E-state index is 12.4. The van der Waals surface area contributed by atoms with E-state index in [2.05, 4.69) is 10.1 Å².